The zero-order chi connectivity index (χ0) is 19.8. The van der Waals surface area contributed by atoms with E-state index < -0.39 is 10.1 Å². The normalized spacial score (nSPS) is 11.0. The molecule has 0 aliphatic heterocycles. The third-order valence-corrected chi connectivity index (χ3v) is 5.32. The van der Waals surface area contributed by atoms with Gasteiger partial charge in [-0.3, -0.25) is 9.17 Å². The zero-order valence-corrected chi connectivity index (χ0v) is 16.4. The Bertz CT molecular complexity index is 1110. The maximum atomic E-state index is 11.4. The van der Waals surface area contributed by atoms with Crippen molar-refractivity contribution < 1.29 is 12.6 Å². The van der Waals surface area contributed by atoms with E-state index in [9.17, 15) is 8.42 Å². The molecule has 0 amide bonds. The molecule has 0 bridgehead atoms. The Morgan fingerprint density at radius 1 is 0.929 bits per heavy atom. The van der Waals surface area contributed by atoms with Gasteiger partial charge in [-0.15, -0.1) is 0 Å². The van der Waals surface area contributed by atoms with Crippen LogP contribution in [-0.4, -0.2) is 24.6 Å². The van der Waals surface area contributed by atoms with E-state index in [0.717, 1.165) is 5.69 Å². The highest BCUT2D eigenvalue weighted by Gasteiger charge is 2.12. The van der Waals surface area contributed by atoms with E-state index in [1.165, 1.54) is 23.0 Å². The first kappa shape index (κ1) is 19.8. The molecule has 2 heterocycles. The van der Waals surface area contributed by atoms with Crippen LogP contribution >= 0.6 is 0 Å². The van der Waals surface area contributed by atoms with E-state index in [1.807, 2.05) is 19.2 Å². The van der Waals surface area contributed by atoms with Crippen molar-refractivity contribution in [2.24, 2.45) is 0 Å². The third kappa shape index (κ3) is 4.85. The second-order valence-electron chi connectivity index (χ2n) is 6.04. The van der Waals surface area contributed by atoms with Gasteiger partial charge in [-0.25, -0.2) is 0 Å². The highest BCUT2D eigenvalue weighted by atomic mass is 32.2. The van der Waals surface area contributed by atoms with Gasteiger partial charge in [0.1, 0.15) is 0 Å². The van der Waals surface area contributed by atoms with Gasteiger partial charge < -0.3 is 4.57 Å². The lowest BCUT2D eigenvalue weighted by atomic mass is 10.2. The van der Waals surface area contributed by atoms with E-state index in [1.54, 1.807) is 24.4 Å². The molecule has 0 saturated heterocycles. The summed E-state index contributed by atoms with van der Waals surface area (Å²) >= 11 is 0. The maximum Gasteiger partial charge on any atom is 0.296 e. The Morgan fingerprint density at radius 2 is 1.68 bits per heavy atom. The van der Waals surface area contributed by atoms with Crippen molar-refractivity contribution in [1.82, 2.24) is 9.55 Å². The largest absolute Gasteiger partial charge is 0.315 e. The number of nitrogens with zero attached hydrogens (tertiary/aromatic N) is 2. The Balaban J connectivity index is 0.000000163. The monoisotopic (exact) mass is 394 g/mol. The fourth-order valence-electron chi connectivity index (χ4n) is 2.65. The molecule has 28 heavy (non-hydrogen) atoms. The Labute approximate surface area is 165 Å². The van der Waals surface area contributed by atoms with Gasteiger partial charge in [-0.05, 0) is 48.2 Å². The number of fused-ring (bicyclic) bond motifs is 1. The first-order valence-corrected chi connectivity index (χ1v) is 10.4. The van der Waals surface area contributed by atoms with Crippen molar-refractivity contribution in [3.05, 3.63) is 91.4 Å². The molecule has 5 nitrogen and oxygen atoms in total. The number of para-hydroxylation sites is 1. The van der Waals surface area contributed by atoms with Gasteiger partial charge in [0.05, 0.1) is 28.9 Å². The molecule has 0 spiro atoms. The fraction of sp³-hybridized carbons (Fsp3) is 0.136. The van der Waals surface area contributed by atoms with Gasteiger partial charge >= 0.3 is 0 Å². The number of pyridine rings is 1. The van der Waals surface area contributed by atoms with Crippen LogP contribution in [0.3, 0.4) is 0 Å². The second-order valence-corrected chi connectivity index (χ2v) is 7.66. The van der Waals surface area contributed by atoms with Crippen LogP contribution in [-0.2, 0) is 14.3 Å². The average Bonchev–Trinajstić information content (AvgIpc) is 3.18. The Hall–Kier alpha value is -2.96. The number of hydrogen-bond acceptors (Lipinski definition) is 4. The van der Waals surface area contributed by atoms with E-state index in [0.29, 0.717) is 6.42 Å². The van der Waals surface area contributed by atoms with Crippen LogP contribution in [0.15, 0.2) is 96.3 Å². The standard InChI is InChI=1S/C13H10N2.C9H12O3S/c1-2-6-13-11(4-1)7-9-15(13)12-5-3-8-14-10-12;1-2-8-12-13(10,11)9-6-4-3-5-7-9/h1-10H;3-7H,2,8H2,1H3. The second kappa shape index (κ2) is 9.30. The minimum absolute atomic E-state index is 0.212. The molecule has 2 aromatic carbocycles. The minimum atomic E-state index is -3.52. The molecule has 4 aromatic rings. The molecular weight excluding hydrogens is 372 g/mol. The topological polar surface area (TPSA) is 61.2 Å². The van der Waals surface area contributed by atoms with Crippen LogP contribution in [0.1, 0.15) is 13.3 Å². The SMILES string of the molecule is CCCOS(=O)(=O)c1ccccc1.c1cncc(-n2ccc3ccccc32)c1. The molecule has 6 heteroatoms. The lowest BCUT2D eigenvalue weighted by Gasteiger charge is -2.03. The summed E-state index contributed by atoms with van der Waals surface area (Å²) in [5.41, 5.74) is 2.31. The van der Waals surface area contributed by atoms with Crippen molar-refractivity contribution in [1.29, 1.82) is 0 Å². The Kier molecular flexibility index (Phi) is 6.57. The molecule has 4 rings (SSSR count). The summed E-state index contributed by atoms with van der Waals surface area (Å²) in [6.07, 6.45) is 6.41. The highest BCUT2D eigenvalue weighted by molar-refractivity contribution is 7.86. The number of rotatable bonds is 5. The summed E-state index contributed by atoms with van der Waals surface area (Å²) in [6, 6.07) is 22.6. The molecule has 0 radical (unpaired) electrons. The lowest BCUT2D eigenvalue weighted by molar-refractivity contribution is 0.318. The van der Waals surface area contributed by atoms with Crippen molar-refractivity contribution in [3.8, 4) is 5.69 Å². The fourth-order valence-corrected chi connectivity index (χ4v) is 3.67. The molecular formula is C22H22N2O3S. The molecule has 0 fully saturated rings. The lowest BCUT2D eigenvalue weighted by Crippen LogP contribution is -2.06. The molecule has 0 atom stereocenters. The van der Waals surface area contributed by atoms with Gasteiger partial charge in [0.15, 0.2) is 0 Å². The van der Waals surface area contributed by atoms with Crippen LogP contribution in [0, 0.1) is 0 Å². The minimum Gasteiger partial charge on any atom is -0.315 e. The van der Waals surface area contributed by atoms with E-state index in [-0.39, 0.29) is 11.5 Å². The van der Waals surface area contributed by atoms with Gasteiger partial charge in [-0.2, -0.15) is 8.42 Å². The predicted octanol–water partition coefficient (Wildman–Crippen LogP) is 4.83. The van der Waals surface area contributed by atoms with E-state index in [4.69, 9.17) is 4.18 Å². The van der Waals surface area contributed by atoms with Gasteiger partial charge in [0, 0.05) is 12.4 Å². The van der Waals surface area contributed by atoms with Gasteiger partial charge in [0.25, 0.3) is 10.1 Å². The van der Waals surface area contributed by atoms with Crippen LogP contribution in [0.25, 0.3) is 16.6 Å². The first-order valence-electron chi connectivity index (χ1n) is 9.03. The molecule has 0 aliphatic carbocycles. The molecule has 0 unspecified atom stereocenters. The van der Waals surface area contributed by atoms with Crippen molar-refractivity contribution >= 4 is 21.0 Å². The summed E-state index contributed by atoms with van der Waals surface area (Å²) in [7, 11) is -3.52. The number of aromatic nitrogens is 2. The van der Waals surface area contributed by atoms with Crippen LogP contribution < -0.4 is 0 Å². The van der Waals surface area contributed by atoms with Crippen molar-refractivity contribution in [2.75, 3.05) is 6.61 Å². The summed E-state index contributed by atoms with van der Waals surface area (Å²) in [6.45, 7) is 2.09. The Morgan fingerprint density at radius 3 is 2.39 bits per heavy atom. The van der Waals surface area contributed by atoms with Crippen LogP contribution in [0.4, 0.5) is 0 Å². The molecule has 2 aromatic heterocycles. The number of benzene rings is 2. The van der Waals surface area contributed by atoms with E-state index in [2.05, 4.69) is 52.1 Å². The van der Waals surface area contributed by atoms with Crippen molar-refractivity contribution in [3.63, 3.8) is 0 Å². The zero-order valence-electron chi connectivity index (χ0n) is 15.6. The number of hydrogen-bond donors (Lipinski definition) is 0. The maximum absolute atomic E-state index is 11.4. The third-order valence-electron chi connectivity index (χ3n) is 4.00. The molecule has 144 valence electrons. The average molecular weight is 394 g/mol. The quantitative estimate of drug-likeness (QED) is 0.455. The van der Waals surface area contributed by atoms with Crippen LogP contribution in [0.2, 0.25) is 0 Å². The molecule has 0 N–H and O–H groups in total. The first-order chi connectivity index (χ1) is 13.6. The van der Waals surface area contributed by atoms with Crippen LogP contribution in [0.5, 0.6) is 0 Å². The van der Waals surface area contributed by atoms with Gasteiger partial charge in [0.2, 0.25) is 0 Å². The summed E-state index contributed by atoms with van der Waals surface area (Å²) in [5.74, 6) is 0. The predicted molar refractivity (Wildman–Crippen MR) is 111 cm³/mol. The molecule has 0 saturated carbocycles. The van der Waals surface area contributed by atoms with Gasteiger partial charge in [-0.1, -0.05) is 43.3 Å². The van der Waals surface area contributed by atoms with Crippen molar-refractivity contribution in [2.45, 2.75) is 18.2 Å². The highest BCUT2D eigenvalue weighted by Crippen LogP contribution is 2.19. The van der Waals surface area contributed by atoms with E-state index >= 15 is 0 Å². The summed E-state index contributed by atoms with van der Waals surface area (Å²) < 4.78 is 29.6. The summed E-state index contributed by atoms with van der Waals surface area (Å²) in [4.78, 5) is 4.34. The smallest absolute Gasteiger partial charge is 0.296 e. The summed E-state index contributed by atoms with van der Waals surface area (Å²) in [5, 5.41) is 1.25. The molecule has 0 aliphatic rings.